The van der Waals surface area contributed by atoms with Crippen LogP contribution in [0.1, 0.15) is 21.5 Å². The predicted molar refractivity (Wildman–Crippen MR) is 121 cm³/mol. The molecular weight excluding hydrogens is 434 g/mol. The number of hydrogen-bond acceptors (Lipinski definition) is 5. The molecule has 0 aliphatic carbocycles. The molecule has 2 amide bonds. The number of esters is 1. The number of nitrogens with zero attached hydrogens (tertiary/aromatic N) is 1. The molecule has 4 rings (SSSR count). The average molecular weight is 450 g/mol. The molecule has 0 atom stereocenters. The summed E-state index contributed by atoms with van der Waals surface area (Å²) in [7, 11) is 0. The van der Waals surface area contributed by atoms with Crippen LogP contribution in [0.5, 0.6) is 5.75 Å². The second-order valence-electron chi connectivity index (χ2n) is 6.69. The Kier molecular flexibility index (Phi) is 6.21. The molecule has 0 spiro atoms. The average Bonchev–Trinajstić information content (AvgIpc) is 3.03. The second-order valence-corrected chi connectivity index (χ2v) is 8.09. The Hall–Kier alpha value is -3.35. The van der Waals surface area contributed by atoms with E-state index in [4.69, 9.17) is 16.3 Å². The van der Waals surface area contributed by atoms with Crippen molar-refractivity contribution in [3.05, 3.63) is 105 Å². The van der Waals surface area contributed by atoms with Crippen molar-refractivity contribution >= 4 is 46.6 Å². The third-order valence-electron chi connectivity index (χ3n) is 4.54. The Morgan fingerprint density at radius 1 is 0.968 bits per heavy atom. The van der Waals surface area contributed by atoms with E-state index in [1.807, 2.05) is 6.07 Å². The molecule has 154 valence electrons. The summed E-state index contributed by atoms with van der Waals surface area (Å²) in [6, 6.07) is 22.5. The number of amides is 2. The first kappa shape index (κ1) is 20.9. The number of benzene rings is 3. The molecule has 1 aliphatic rings. The lowest BCUT2D eigenvalue weighted by Gasteiger charge is -2.13. The highest BCUT2D eigenvalue weighted by molar-refractivity contribution is 8.18. The van der Waals surface area contributed by atoms with Crippen LogP contribution in [0, 0.1) is 0 Å². The minimum absolute atomic E-state index is 0.108. The number of imide groups is 1. The lowest BCUT2D eigenvalue weighted by molar-refractivity contribution is -0.123. The smallest absolute Gasteiger partial charge is 0.343 e. The third-order valence-corrected chi connectivity index (χ3v) is 5.81. The Morgan fingerprint density at radius 2 is 1.71 bits per heavy atom. The van der Waals surface area contributed by atoms with Gasteiger partial charge in [0.2, 0.25) is 0 Å². The minimum Gasteiger partial charge on any atom is -0.423 e. The normalized spacial score (nSPS) is 14.9. The minimum atomic E-state index is -0.474. The molecular formula is C24H16ClNO4S. The number of halogens is 1. The predicted octanol–water partition coefficient (Wildman–Crippen LogP) is 5.80. The van der Waals surface area contributed by atoms with Crippen LogP contribution in [0.25, 0.3) is 6.08 Å². The van der Waals surface area contributed by atoms with E-state index in [2.05, 4.69) is 0 Å². The molecule has 1 aliphatic heterocycles. The summed E-state index contributed by atoms with van der Waals surface area (Å²) in [6.45, 7) is 0.108. The molecule has 0 N–H and O–H groups in total. The molecule has 0 saturated carbocycles. The zero-order valence-corrected chi connectivity index (χ0v) is 17.7. The zero-order valence-electron chi connectivity index (χ0n) is 16.2. The van der Waals surface area contributed by atoms with Crippen molar-refractivity contribution in [2.24, 2.45) is 0 Å². The van der Waals surface area contributed by atoms with Gasteiger partial charge in [0.05, 0.1) is 17.0 Å². The van der Waals surface area contributed by atoms with Crippen molar-refractivity contribution in [2.75, 3.05) is 0 Å². The largest absolute Gasteiger partial charge is 0.423 e. The Balaban J connectivity index is 1.50. The summed E-state index contributed by atoms with van der Waals surface area (Å²) in [4.78, 5) is 38.9. The van der Waals surface area contributed by atoms with Gasteiger partial charge in [-0.15, -0.1) is 0 Å². The van der Waals surface area contributed by atoms with Crippen molar-refractivity contribution in [1.29, 1.82) is 0 Å². The fourth-order valence-corrected chi connectivity index (χ4v) is 4.03. The Labute approximate surface area is 188 Å². The van der Waals surface area contributed by atoms with Gasteiger partial charge in [-0.3, -0.25) is 14.5 Å². The monoisotopic (exact) mass is 449 g/mol. The van der Waals surface area contributed by atoms with Gasteiger partial charge in [-0.1, -0.05) is 60.1 Å². The number of ether oxygens (including phenoxy) is 1. The fourth-order valence-electron chi connectivity index (χ4n) is 2.99. The first-order chi connectivity index (χ1) is 15.0. The van der Waals surface area contributed by atoms with Crippen LogP contribution in [0.15, 0.2) is 83.8 Å². The van der Waals surface area contributed by atoms with E-state index in [-0.39, 0.29) is 17.7 Å². The molecule has 0 bridgehead atoms. The van der Waals surface area contributed by atoms with E-state index in [9.17, 15) is 14.4 Å². The lowest BCUT2D eigenvalue weighted by Crippen LogP contribution is -2.27. The second kappa shape index (κ2) is 9.20. The molecule has 7 heteroatoms. The van der Waals surface area contributed by atoms with Crippen molar-refractivity contribution in [2.45, 2.75) is 6.54 Å². The number of carbonyl (C=O) groups is 3. The number of carbonyl (C=O) groups excluding carboxylic acids is 3. The highest BCUT2D eigenvalue weighted by Crippen LogP contribution is 2.34. The summed E-state index contributed by atoms with van der Waals surface area (Å²) in [5.41, 5.74) is 1.78. The standard InChI is InChI=1S/C24H16ClNO4S/c25-20-12-5-4-10-18(20)15-26-22(27)21(31-24(26)29)14-16-7-6-11-19(13-16)30-23(28)17-8-2-1-3-9-17/h1-14H,15H2/b21-14-. The van der Waals surface area contributed by atoms with Crippen LogP contribution < -0.4 is 4.74 Å². The topological polar surface area (TPSA) is 63.7 Å². The maximum absolute atomic E-state index is 12.8. The zero-order chi connectivity index (χ0) is 21.8. The molecule has 5 nitrogen and oxygen atoms in total. The van der Waals surface area contributed by atoms with Gasteiger partial charge in [0, 0.05) is 5.02 Å². The van der Waals surface area contributed by atoms with Gasteiger partial charge in [0.25, 0.3) is 11.1 Å². The number of rotatable bonds is 5. The summed E-state index contributed by atoms with van der Waals surface area (Å²) < 4.78 is 5.41. The van der Waals surface area contributed by atoms with Gasteiger partial charge in [-0.2, -0.15) is 0 Å². The maximum atomic E-state index is 12.8. The Bertz CT molecular complexity index is 1190. The van der Waals surface area contributed by atoms with Crippen molar-refractivity contribution in [3.8, 4) is 5.75 Å². The third kappa shape index (κ3) is 4.87. The van der Waals surface area contributed by atoms with Crippen LogP contribution in [-0.2, 0) is 11.3 Å². The van der Waals surface area contributed by atoms with Crippen LogP contribution in [0.3, 0.4) is 0 Å². The van der Waals surface area contributed by atoms with Gasteiger partial charge in [0.15, 0.2) is 0 Å². The molecule has 3 aromatic rings. The van der Waals surface area contributed by atoms with Gasteiger partial charge >= 0.3 is 5.97 Å². The van der Waals surface area contributed by atoms with Gasteiger partial charge < -0.3 is 4.74 Å². The van der Waals surface area contributed by atoms with Crippen molar-refractivity contribution in [1.82, 2.24) is 4.90 Å². The van der Waals surface area contributed by atoms with Crippen LogP contribution in [0.2, 0.25) is 5.02 Å². The number of thioether (sulfide) groups is 1. The van der Waals surface area contributed by atoms with Gasteiger partial charge in [-0.25, -0.2) is 4.79 Å². The molecule has 1 heterocycles. The molecule has 31 heavy (non-hydrogen) atoms. The highest BCUT2D eigenvalue weighted by Gasteiger charge is 2.35. The molecule has 0 radical (unpaired) electrons. The summed E-state index contributed by atoms with van der Waals surface area (Å²) in [6.07, 6.45) is 1.61. The fraction of sp³-hybridized carbons (Fsp3) is 0.0417. The van der Waals surface area contributed by atoms with E-state index >= 15 is 0 Å². The maximum Gasteiger partial charge on any atom is 0.343 e. The first-order valence-electron chi connectivity index (χ1n) is 9.37. The molecule has 3 aromatic carbocycles. The summed E-state index contributed by atoms with van der Waals surface area (Å²) in [5.74, 6) is -0.516. The number of hydrogen-bond donors (Lipinski definition) is 0. The quantitative estimate of drug-likeness (QED) is 0.280. The van der Waals surface area contributed by atoms with E-state index < -0.39 is 5.97 Å². The van der Waals surface area contributed by atoms with E-state index in [0.717, 1.165) is 16.7 Å². The SMILES string of the molecule is O=C(Oc1cccc(/C=C2\SC(=O)N(Cc3ccccc3Cl)C2=O)c1)c1ccccc1. The van der Waals surface area contributed by atoms with E-state index in [1.54, 1.807) is 78.9 Å². The summed E-state index contributed by atoms with van der Waals surface area (Å²) in [5, 5.41) is 0.140. The van der Waals surface area contributed by atoms with Crippen molar-refractivity contribution < 1.29 is 19.1 Å². The highest BCUT2D eigenvalue weighted by atomic mass is 35.5. The van der Waals surface area contributed by atoms with Gasteiger partial charge in [-0.05, 0) is 59.3 Å². The molecule has 1 fully saturated rings. The molecule has 0 aromatic heterocycles. The van der Waals surface area contributed by atoms with Crippen LogP contribution in [-0.4, -0.2) is 22.0 Å². The Morgan fingerprint density at radius 3 is 2.48 bits per heavy atom. The first-order valence-corrected chi connectivity index (χ1v) is 10.6. The van der Waals surface area contributed by atoms with E-state index in [0.29, 0.717) is 32.4 Å². The molecule has 0 unspecified atom stereocenters. The van der Waals surface area contributed by atoms with E-state index in [1.165, 1.54) is 0 Å². The van der Waals surface area contributed by atoms with Gasteiger partial charge in [0.1, 0.15) is 5.75 Å². The summed E-state index contributed by atoms with van der Waals surface area (Å²) >= 11 is 7.02. The molecule has 1 saturated heterocycles. The van der Waals surface area contributed by atoms with Crippen molar-refractivity contribution in [3.63, 3.8) is 0 Å². The lowest BCUT2D eigenvalue weighted by atomic mass is 10.2. The van der Waals surface area contributed by atoms with Crippen LogP contribution >= 0.6 is 23.4 Å². The van der Waals surface area contributed by atoms with Crippen LogP contribution in [0.4, 0.5) is 4.79 Å².